The Bertz CT molecular complexity index is 661. The van der Waals surface area contributed by atoms with E-state index in [1.807, 2.05) is 6.07 Å². The van der Waals surface area contributed by atoms with Crippen LogP contribution in [0.2, 0.25) is 0 Å². The Morgan fingerprint density at radius 3 is 2.30 bits per heavy atom. The zero-order valence-corrected chi connectivity index (χ0v) is 14.9. The molecule has 0 spiro atoms. The molecule has 0 aliphatic heterocycles. The van der Waals surface area contributed by atoms with Crippen LogP contribution >= 0.6 is 0 Å². The van der Waals surface area contributed by atoms with Gasteiger partial charge in [-0.25, -0.2) is 4.79 Å². The number of carboxylic acids is 1. The van der Waals surface area contributed by atoms with Gasteiger partial charge < -0.3 is 32.9 Å². The second kappa shape index (κ2) is 11.5. The number of hydrogen-bond acceptors (Lipinski definition) is 5. The van der Waals surface area contributed by atoms with Crippen molar-refractivity contribution in [3.8, 4) is 0 Å². The molecule has 2 atom stereocenters. The molecule has 0 aromatic heterocycles. The number of nitrogens with zero attached hydrogens (tertiary/aromatic N) is 1. The SMILES string of the molecule is NCC(=O)N[C@H](Cc1ccccc1)C(=O)N[C@@H](CCCN=C(N)N)C(=O)O. The lowest BCUT2D eigenvalue weighted by Crippen LogP contribution is -2.53. The summed E-state index contributed by atoms with van der Waals surface area (Å²) < 4.78 is 0. The van der Waals surface area contributed by atoms with Gasteiger partial charge in [-0.3, -0.25) is 14.6 Å². The number of guanidine groups is 1. The van der Waals surface area contributed by atoms with Crippen molar-refractivity contribution in [2.24, 2.45) is 22.2 Å². The Labute approximate surface area is 157 Å². The molecule has 0 aliphatic rings. The number of benzene rings is 1. The van der Waals surface area contributed by atoms with Crippen LogP contribution in [0.5, 0.6) is 0 Å². The standard InChI is InChI=1S/C17H26N6O4/c18-10-14(24)22-13(9-11-5-2-1-3-6-11)15(25)23-12(16(26)27)7-4-8-21-17(19)20/h1-3,5-6,12-13H,4,7-10,18H2,(H,22,24)(H,23,25)(H,26,27)(H4,19,20,21)/t12-,13+/m0/s1. The first-order valence-electron chi connectivity index (χ1n) is 8.45. The van der Waals surface area contributed by atoms with Crippen LogP contribution in [0.1, 0.15) is 18.4 Å². The maximum absolute atomic E-state index is 12.6. The Hall–Kier alpha value is -3.14. The van der Waals surface area contributed by atoms with Gasteiger partial charge in [0.2, 0.25) is 11.8 Å². The Morgan fingerprint density at radius 2 is 1.74 bits per heavy atom. The number of nitrogens with one attached hydrogen (secondary N) is 2. The highest BCUT2D eigenvalue weighted by molar-refractivity contribution is 5.91. The molecule has 0 saturated heterocycles. The topological polar surface area (TPSA) is 186 Å². The van der Waals surface area contributed by atoms with Gasteiger partial charge in [0, 0.05) is 13.0 Å². The van der Waals surface area contributed by atoms with Gasteiger partial charge in [0.15, 0.2) is 5.96 Å². The summed E-state index contributed by atoms with van der Waals surface area (Å²) in [6, 6.07) is 6.98. The molecular formula is C17H26N6O4. The molecule has 10 nitrogen and oxygen atoms in total. The van der Waals surface area contributed by atoms with E-state index in [-0.39, 0.29) is 31.9 Å². The highest BCUT2D eigenvalue weighted by atomic mass is 16.4. The minimum Gasteiger partial charge on any atom is -0.480 e. The van der Waals surface area contributed by atoms with Gasteiger partial charge in [-0.2, -0.15) is 0 Å². The Balaban J connectivity index is 2.77. The fourth-order valence-electron chi connectivity index (χ4n) is 2.35. The fourth-order valence-corrected chi connectivity index (χ4v) is 2.35. The average Bonchev–Trinajstić information content (AvgIpc) is 2.63. The van der Waals surface area contributed by atoms with Crippen molar-refractivity contribution in [3.63, 3.8) is 0 Å². The molecular weight excluding hydrogens is 352 g/mol. The summed E-state index contributed by atoms with van der Waals surface area (Å²) in [4.78, 5) is 39.4. The summed E-state index contributed by atoms with van der Waals surface area (Å²) >= 11 is 0. The third-order valence-corrected chi connectivity index (χ3v) is 3.68. The highest BCUT2D eigenvalue weighted by Crippen LogP contribution is 2.05. The van der Waals surface area contributed by atoms with Crippen LogP contribution in [-0.2, 0) is 20.8 Å². The maximum atomic E-state index is 12.6. The summed E-state index contributed by atoms with van der Waals surface area (Å²) in [5.74, 6) is -2.38. The van der Waals surface area contributed by atoms with Crippen molar-refractivity contribution in [2.45, 2.75) is 31.3 Å². The van der Waals surface area contributed by atoms with E-state index in [1.165, 1.54) is 0 Å². The summed E-state index contributed by atoms with van der Waals surface area (Å²) in [6.07, 6.45) is 0.715. The molecule has 1 rings (SSSR count). The van der Waals surface area contributed by atoms with Gasteiger partial charge in [0.25, 0.3) is 0 Å². The molecule has 0 radical (unpaired) electrons. The first kappa shape index (κ1) is 21.9. The van der Waals surface area contributed by atoms with Crippen molar-refractivity contribution in [2.75, 3.05) is 13.1 Å². The summed E-state index contributed by atoms with van der Waals surface area (Å²) in [5.41, 5.74) is 16.5. The molecule has 27 heavy (non-hydrogen) atoms. The van der Waals surface area contributed by atoms with Gasteiger partial charge in [-0.05, 0) is 18.4 Å². The van der Waals surface area contributed by atoms with Crippen LogP contribution in [0, 0.1) is 0 Å². The largest absolute Gasteiger partial charge is 0.480 e. The summed E-state index contributed by atoms with van der Waals surface area (Å²) in [7, 11) is 0. The predicted octanol–water partition coefficient (Wildman–Crippen LogP) is -1.70. The first-order valence-corrected chi connectivity index (χ1v) is 8.45. The third kappa shape index (κ3) is 8.68. The highest BCUT2D eigenvalue weighted by Gasteiger charge is 2.26. The van der Waals surface area contributed by atoms with Crippen molar-refractivity contribution in [3.05, 3.63) is 35.9 Å². The lowest BCUT2D eigenvalue weighted by molar-refractivity contribution is -0.142. The third-order valence-electron chi connectivity index (χ3n) is 3.68. The molecule has 0 heterocycles. The lowest BCUT2D eigenvalue weighted by atomic mass is 10.0. The zero-order chi connectivity index (χ0) is 20.2. The molecule has 0 saturated carbocycles. The van der Waals surface area contributed by atoms with E-state index >= 15 is 0 Å². The van der Waals surface area contributed by atoms with E-state index < -0.39 is 29.9 Å². The molecule has 2 amide bonds. The normalized spacial score (nSPS) is 12.5. The lowest BCUT2D eigenvalue weighted by Gasteiger charge is -2.21. The maximum Gasteiger partial charge on any atom is 0.326 e. The van der Waals surface area contributed by atoms with Gasteiger partial charge in [0.05, 0.1) is 6.54 Å². The number of aliphatic imine (C=N–C) groups is 1. The van der Waals surface area contributed by atoms with Crippen molar-refractivity contribution < 1.29 is 19.5 Å². The van der Waals surface area contributed by atoms with Crippen LogP contribution in [0.25, 0.3) is 0 Å². The molecule has 1 aromatic carbocycles. The van der Waals surface area contributed by atoms with E-state index in [0.717, 1.165) is 5.56 Å². The molecule has 0 unspecified atom stereocenters. The molecule has 0 bridgehead atoms. The van der Waals surface area contributed by atoms with Crippen molar-refractivity contribution in [1.29, 1.82) is 0 Å². The Kier molecular flexibility index (Phi) is 9.30. The zero-order valence-electron chi connectivity index (χ0n) is 14.9. The first-order chi connectivity index (χ1) is 12.8. The summed E-state index contributed by atoms with van der Waals surface area (Å²) in [5, 5.41) is 14.3. The number of rotatable bonds is 11. The van der Waals surface area contributed by atoms with Crippen LogP contribution in [0.15, 0.2) is 35.3 Å². The minimum atomic E-state index is -1.18. The number of carbonyl (C=O) groups excluding carboxylic acids is 2. The minimum absolute atomic E-state index is 0.0849. The van der Waals surface area contributed by atoms with Crippen molar-refractivity contribution in [1.82, 2.24) is 10.6 Å². The van der Waals surface area contributed by atoms with Crippen LogP contribution in [-0.4, -0.2) is 54.0 Å². The molecule has 0 fully saturated rings. The molecule has 1 aromatic rings. The monoisotopic (exact) mass is 378 g/mol. The van der Waals surface area contributed by atoms with Gasteiger partial charge in [-0.1, -0.05) is 30.3 Å². The Morgan fingerprint density at radius 1 is 1.07 bits per heavy atom. The predicted molar refractivity (Wildman–Crippen MR) is 101 cm³/mol. The quantitative estimate of drug-likeness (QED) is 0.150. The fraction of sp³-hybridized carbons (Fsp3) is 0.412. The van der Waals surface area contributed by atoms with Gasteiger partial charge in [-0.15, -0.1) is 0 Å². The smallest absolute Gasteiger partial charge is 0.326 e. The second-order valence-electron chi connectivity index (χ2n) is 5.86. The number of nitrogens with two attached hydrogens (primary N) is 3. The van der Waals surface area contributed by atoms with Crippen molar-refractivity contribution >= 4 is 23.7 Å². The van der Waals surface area contributed by atoms with Gasteiger partial charge in [0.1, 0.15) is 12.1 Å². The number of amides is 2. The molecule has 10 heteroatoms. The van der Waals surface area contributed by atoms with Crippen LogP contribution in [0.3, 0.4) is 0 Å². The number of carbonyl (C=O) groups is 3. The second-order valence-corrected chi connectivity index (χ2v) is 5.86. The molecule has 0 aliphatic carbocycles. The van der Waals surface area contributed by atoms with E-state index in [4.69, 9.17) is 17.2 Å². The van der Waals surface area contributed by atoms with Gasteiger partial charge >= 0.3 is 5.97 Å². The summed E-state index contributed by atoms with van der Waals surface area (Å²) in [6.45, 7) is -0.0290. The van der Waals surface area contributed by atoms with E-state index in [9.17, 15) is 19.5 Å². The van der Waals surface area contributed by atoms with Crippen LogP contribution < -0.4 is 27.8 Å². The number of aliphatic carboxylic acids is 1. The number of carboxylic acid groups (broad SMARTS) is 1. The molecule has 148 valence electrons. The van der Waals surface area contributed by atoms with Crippen LogP contribution in [0.4, 0.5) is 0 Å². The molecule has 9 N–H and O–H groups in total. The van der Waals surface area contributed by atoms with E-state index in [0.29, 0.717) is 6.42 Å². The average molecular weight is 378 g/mol. The number of hydrogen-bond donors (Lipinski definition) is 6. The van der Waals surface area contributed by atoms with E-state index in [2.05, 4.69) is 15.6 Å². The van der Waals surface area contributed by atoms with E-state index in [1.54, 1.807) is 24.3 Å².